The maximum absolute atomic E-state index is 12.4. The van der Waals surface area contributed by atoms with Gasteiger partial charge in [-0.1, -0.05) is 20.8 Å². The zero-order valence-electron chi connectivity index (χ0n) is 14.0. The van der Waals surface area contributed by atoms with E-state index in [1.807, 2.05) is 6.92 Å². The normalized spacial score (nSPS) is 37.7. The van der Waals surface area contributed by atoms with Crippen LogP contribution in [0.4, 0.5) is 0 Å². The summed E-state index contributed by atoms with van der Waals surface area (Å²) in [4.78, 5) is 18.7. The second kappa shape index (κ2) is 5.17. The van der Waals surface area contributed by atoms with E-state index in [4.69, 9.17) is 4.84 Å². The van der Waals surface area contributed by atoms with Gasteiger partial charge in [0.15, 0.2) is 0 Å². The third-order valence-electron chi connectivity index (χ3n) is 4.77. The van der Waals surface area contributed by atoms with E-state index < -0.39 is 0 Å². The molecule has 1 rings (SSSR count). The van der Waals surface area contributed by atoms with Gasteiger partial charge in [0.2, 0.25) is 0 Å². The summed E-state index contributed by atoms with van der Waals surface area (Å²) in [5.74, 6) is 0.377. The highest BCUT2D eigenvalue weighted by atomic mass is 16.7. The van der Waals surface area contributed by atoms with Crippen molar-refractivity contribution < 1.29 is 9.63 Å². The Morgan fingerprint density at radius 1 is 1.26 bits per heavy atom. The Labute approximate surface area is 118 Å². The standard InChI is InChI=1S/C16H31NO2/c1-9-15(7)11-13(18)12(3)16(8,10-2)17(15)19-14(4,5)6/h12H,9-11H2,1-8H3. The lowest BCUT2D eigenvalue weighted by molar-refractivity contribution is -0.334. The average molecular weight is 269 g/mol. The molecule has 0 amide bonds. The Kier molecular flexibility index (Phi) is 4.53. The van der Waals surface area contributed by atoms with E-state index in [-0.39, 0.29) is 22.6 Å². The largest absolute Gasteiger partial charge is 0.299 e. The van der Waals surface area contributed by atoms with Crippen LogP contribution in [-0.2, 0) is 9.63 Å². The van der Waals surface area contributed by atoms with Gasteiger partial charge in [-0.05, 0) is 47.5 Å². The molecule has 0 aromatic rings. The number of hydrogen-bond acceptors (Lipinski definition) is 3. The molecule has 0 spiro atoms. The number of carbonyl (C=O) groups excluding carboxylic acids is 1. The van der Waals surface area contributed by atoms with Crippen molar-refractivity contribution in [3.63, 3.8) is 0 Å². The van der Waals surface area contributed by atoms with E-state index >= 15 is 0 Å². The van der Waals surface area contributed by atoms with Crippen molar-refractivity contribution in [3.8, 4) is 0 Å². The van der Waals surface area contributed by atoms with E-state index in [1.165, 1.54) is 0 Å². The first-order chi connectivity index (χ1) is 8.50. The average Bonchev–Trinajstić information content (AvgIpc) is 2.31. The van der Waals surface area contributed by atoms with Crippen molar-refractivity contribution in [1.82, 2.24) is 5.06 Å². The van der Waals surface area contributed by atoms with Crippen LogP contribution in [0.3, 0.4) is 0 Å². The Hall–Kier alpha value is -0.410. The number of Topliss-reactive ketones (excluding diaryl/α,β-unsaturated/α-hetero) is 1. The quantitative estimate of drug-likeness (QED) is 0.776. The second-order valence-corrected chi connectivity index (χ2v) is 7.42. The monoisotopic (exact) mass is 269 g/mol. The molecule has 112 valence electrons. The van der Waals surface area contributed by atoms with E-state index in [2.05, 4.69) is 53.5 Å². The highest BCUT2D eigenvalue weighted by molar-refractivity contribution is 5.84. The van der Waals surface area contributed by atoms with Gasteiger partial charge in [0.05, 0.1) is 16.7 Å². The Balaban J connectivity index is 3.25. The van der Waals surface area contributed by atoms with Gasteiger partial charge in [0.25, 0.3) is 0 Å². The lowest BCUT2D eigenvalue weighted by atomic mass is 9.70. The van der Waals surface area contributed by atoms with Crippen LogP contribution < -0.4 is 0 Å². The van der Waals surface area contributed by atoms with Gasteiger partial charge in [0.1, 0.15) is 5.78 Å². The molecule has 3 unspecified atom stereocenters. The number of piperidine rings is 1. The lowest BCUT2D eigenvalue weighted by Gasteiger charge is -2.57. The minimum atomic E-state index is -0.243. The molecule has 0 N–H and O–H groups in total. The van der Waals surface area contributed by atoms with Crippen molar-refractivity contribution in [1.29, 1.82) is 0 Å². The Bertz CT molecular complexity index is 347. The van der Waals surface area contributed by atoms with Crippen LogP contribution in [0.1, 0.15) is 74.7 Å². The van der Waals surface area contributed by atoms with Crippen molar-refractivity contribution >= 4 is 5.78 Å². The lowest BCUT2D eigenvalue weighted by Crippen LogP contribution is -2.67. The summed E-state index contributed by atoms with van der Waals surface area (Å²) in [7, 11) is 0. The minimum Gasteiger partial charge on any atom is -0.299 e. The molecule has 0 saturated carbocycles. The van der Waals surface area contributed by atoms with Crippen molar-refractivity contribution in [2.45, 2.75) is 91.3 Å². The van der Waals surface area contributed by atoms with Gasteiger partial charge in [-0.15, -0.1) is 0 Å². The molecule has 0 aromatic heterocycles. The second-order valence-electron chi connectivity index (χ2n) is 7.42. The number of carbonyl (C=O) groups is 1. The Morgan fingerprint density at radius 2 is 1.79 bits per heavy atom. The van der Waals surface area contributed by atoms with E-state index in [1.54, 1.807) is 0 Å². The molecule has 1 fully saturated rings. The zero-order chi connectivity index (χ0) is 15.1. The first-order valence-corrected chi connectivity index (χ1v) is 7.52. The van der Waals surface area contributed by atoms with Crippen LogP contribution >= 0.6 is 0 Å². The molecule has 3 heteroatoms. The maximum Gasteiger partial charge on any atom is 0.139 e. The molecule has 1 aliphatic rings. The fourth-order valence-electron chi connectivity index (χ4n) is 2.95. The molecule has 0 aliphatic carbocycles. The number of hydroxylamine groups is 2. The summed E-state index contributed by atoms with van der Waals surface area (Å²) in [6.07, 6.45) is 2.40. The number of nitrogens with zero attached hydrogens (tertiary/aromatic N) is 1. The summed E-state index contributed by atoms with van der Waals surface area (Å²) < 4.78 is 0. The van der Waals surface area contributed by atoms with Gasteiger partial charge in [0, 0.05) is 12.3 Å². The van der Waals surface area contributed by atoms with Gasteiger partial charge < -0.3 is 0 Å². The molecular weight excluding hydrogens is 238 g/mol. The van der Waals surface area contributed by atoms with Crippen LogP contribution in [0.2, 0.25) is 0 Å². The first kappa shape index (κ1) is 16.6. The van der Waals surface area contributed by atoms with Crippen LogP contribution in [0, 0.1) is 5.92 Å². The highest BCUT2D eigenvalue weighted by Gasteiger charge is 2.54. The minimum absolute atomic E-state index is 0.0134. The fourth-order valence-corrected chi connectivity index (χ4v) is 2.95. The molecule has 3 atom stereocenters. The summed E-state index contributed by atoms with van der Waals surface area (Å²) in [5, 5.41) is 2.14. The number of ketones is 1. The summed E-state index contributed by atoms with van der Waals surface area (Å²) >= 11 is 0. The predicted molar refractivity (Wildman–Crippen MR) is 78.9 cm³/mol. The van der Waals surface area contributed by atoms with Crippen molar-refractivity contribution in [2.24, 2.45) is 5.92 Å². The van der Waals surface area contributed by atoms with E-state index in [0.29, 0.717) is 12.2 Å². The van der Waals surface area contributed by atoms with Crippen molar-refractivity contribution in [2.75, 3.05) is 0 Å². The van der Waals surface area contributed by atoms with Gasteiger partial charge in [-0.25, -0.2) is 0 Å². The van der Waals surface area contributed by atoms with Crippen LogP contribution in [0.15, 0.2) is 0 Å². The molecule has 1 saturated heterocycles. The Morgan fingerprint density at radius 3 is 2.16 bits per heavy atom. The topological polar surface area (TPSA) is 29.5 Å². The summed E-state index contributed by atoms with van der Waals surface area (Å²) in [6, 6.07) is 0. The van der Waals surface area contributed by atoms with Crippen molar-refractivity contribution in [3.05, 3.63) is 0 Å². The summed E-state index contributed by atoms with van der Waals surface area (Å²) in [5.41, 5.74) is -0.679. The predicted octanol–water partition coefficient (Wildman–Crippen LogP) is 3.96. The number of rotatable bonds is 3. The van der Waals surface area contributed by atoms with E-state index in [0.717, 1.165) is 12.8 Å². The maximum atomic E-state index is 12.4. The molecule has 1 aliphatic heterocycles. The van der Waals surface area contributed by atoms with Crippen LogP contribution in [0.25, 0.3) is 0 Å². The number of hydrogen-bond donors (Lipinski definition) is 0. The SMILES string of the molecule is CCC1(C)CC(=O)C(C)C(C)(CC)N1OC(C)(C)C. The molecular formula is C16H31NO2. The molecule has 0 radical (unpaired) electrons. The van der Waals surface area contributed by atoms with Gasteiger partial charge in [-0.2, -0.15) is 5.06 Å². The third-order valence-corrected chi connectivity index (χ3v) is 4.77. The third kappa shape index (κ3) is 3.03. The molecule has 0 bridgehead atoms. The first-order valence-electron chi connectivity index (χ1n) is 7.52. The van der Waals surface area contributed by atoms with Gasteiger partial charge in [-0.3, -0.25) is 9.63 Å². The van der Waals surface area contributed by atoms with Crippen LogP contribution in [0.5, 0.6) is 0 Å². The molecule has 1 heterocycles. The smallest absolute Gasteiger partial charge is 0.139 e. The summed E-state index contributed by atoms with van der Waals surface area (Å²) in [6.45, 7) is 16.8. The van der Waals surface area contributed by atoms with Crippen LogP contribution in [-0.4, -0.2) is 27.5 Å². The zero-order valence-corrected chi connectivity index (χ0v) is 14.0. The van der Waals surface area contributed by atoms with E-state index in [9.17, 15) is 4.79 Å². The molecule has 0 aromatic carbocycles. The molecule has 19 heavy (non-hydrogen) atoms. The van der Waals surface area contributed by atoms with Gasteiger partial charge >= 0.3 is 0 Å². The highest BCUT2D eigenvalue weighted by Crippen LogP contribution is 2.45. The fraction of sp³-hybridized carbons (Fsp3) is 0.938. The molecule has 3 nitrogen and oxygen atoms in total.